The maximum absolute atomic E-state index is 3.60. The molecule has 0 bridgehead atoms. The van der Waals surface area contributed by atoms with Crippen LogP contribution in [0.4, 0.5) is 5.69 Å². The summed E-state index contributed by atoms with van der Waals surface area (Å²) < 4.78 is 0. The number of aryl methyl sites for hydroxylation is 1. The molecule has 1 aromatic carbocycles. The Morgan fingerprint density at radius 1 is 1.39 bits per heavy atom. The van der Waals surface area contributed by atoms with Crippen molar-refractivity contribution in [3.8, 4) is 0 Å². The largest absolute Gasteiger partial charge is 0.374 e. The second-order valence-electron chi connectivity index (χ2n) is 5.56. The Hall–Kier alpha value is -1.02. The Balaban J connectivity index is 1.98. The molecule has 2 rings (SSSR count). The Morgan fingerprint density at radius 3 is 3.00 bits per heavy atom. The van der Waals surface area contributed by atoms with Crippen molar-refractivity contribution in [2.24, 2.45) is 0 Å². The molecule has 1 aliphatic rings. The molecule has 0 aliphatic carbocycles. The van der Waals surface area contributed by atoms with Crippen molar-refractivity contribution >= 4 is 5.69 Å². The van der Waals surface area contributed by atoms with E-state index in [9.17, 15) is 0 Å². The van der Waals surface area contributed by atoms with Gasteiger partial charge in [0.15, 0.2) is 0 Å². The highest BCUT2D eigenvalue weighted by Crippen LogP contribution is 2.26. The van der Waals surface area contributed by atoms with Crippen molar-refractivity contribution in [3.05, 3.63) is 29.3 Å². The molecule has 1 heterocycles. The number of nitrogens with one attached hydrogen (secondary N) is 1. The Bertz CT molecular complexity index is 387. The first-order valence-electron chi connectivity index (χ1n) is 7.27. The molecule has 0 spiro atoms. The molecule has 1 unspecified atom stereocenters. The van der Waals surface area contributed by atoms with Gasteiger partial charge >= 0.3 is 0 Å². The third kappa shape index (κ3) is 3.26. The number of hydrogen-bond acceptors (Lipinski definition) is 2. The number of nitrogens with zero attached hydrogens (tertiary/aromatic N) is 1. The van der Waals surface area contributed by atoms with Gasteiger partial charge in [-0.25, -0.2) is 0 Å². The smallest absolute Gasteiger partial charge is 0.0396 e. The van der Waals surface area contributed by atoms with Crippen LogP contribution in [0.25, 0.3) is 0 Å². The van der Waals surface area contributed by atoms with Gasteiger partial charge in [-0.3, -0.25) is 0 Å². The number of benzene rings is 1. The molecule has 1 N–H and O–H groups in total. The van der Waals surface area contributed by atoms with E-state index < -0.39 is 0 Å². The minimum absolute atomic E-state index is 0.619. The van der Waals surface area contributed by atoms with Gasteiger partial charge in [0.05, 0.1) is 0 Å². The first kappa shape index (κ1) is 13.4. The number of hydrogen-bond donors (Lipinski definition) is 1. The molecule has 0 saturated carbocycles. The van der Waals surface area contributed by atoms with E-state index in [1.807, 2.05) is 0 Å². The standard InChI is InChI=1S/C16H26N2/c1-4-6-13(2)17-12-14-8-9-16-15(11-14)7-5-10-18(16)3/h8-9,11,13,17H,4-7,10,12H2,1-3H3. The van der Waals surface area contributed by atoms with Gasteiger partial charge in [-0.05, 0) is 43.4 Å². The zero-order valence-corrected chi connectivity index (χ0v) is 12.0. The van der Waals surface area contributed by atoms with E-state index in [4.69, 9.17) is 0 Å². The lowest BCUT2D eigenvalue weighted by Gasteiger charge is -2.28. The van der Waals surface area contributed by atoms with E-state index in [2.05, 4.69) is 49.3 Å². The van der Waals surface area contributed by atoms with Crippen molar-refractivity contribution < 1.29 is 0 Å². The van der Waals surface area contributed by atoms with E-state index in [-0.39, 0.29) is 0 Å². The van der Waals surface area contributed by atoms with Crippen molar-refractivity contribution in [3.63, 3.8) is 0 Å². The SMILES string of the molecule is CCCC(C)NCc1ccc2c(c1)CCCN2C. The summed E-state index contributed by atoms with van der Waals surface area (Å²) in [6.45, 7) is 6.71. The average molecular weight is 246 g/mol. The van der Waals surface area contributed by atoms with Crippen LogP contribution in [0.15, 0.2) is 18.2 Å². The summed E-state index contributed by atoms with van der Waals surface area (Å²) in [4.78, 5) is 2.37. The van der Waals surface area contributed by atoms with Gasteiger partial charge in [0, 0.05) is 31.9 Å². The minimum atomic E-state index is 0.619. The van der Waals surface area contributed by atoms with E-state index in [0.29, 0.717) is 6.04 Å². The third-order valence-electron chi connectivity index (χ3n) is 3.87. The molecule has 1 atom stereocenters. The quantitative estimate of drug-likeness (QED) is 0.857. The molecule has 1 aromatic rings. The fourth-order valence-corrected chi connectivity index (χ4v) is 2.78. The molecule has 0 radical (unpaired) electrons. The summed E-state index contributed by atoms with van der Waals surface area (Å²) in [5.74, 6) is 0. The highest BCUT2D eigenvalue weighted by molar-refractivity contribution is 5.56. The van der Waals surface area contributed by atoms with Crippen molar-refractivity contribution in [2.75, 3.05) is 18.5 Å². The number of fused-ring (bicyclic) bond motifs is 1. The molecule has 2 nitrogen and oxygen atoms in total. The Morgan fingerprint density at radius 2 is 2.22 bits per heavy atom. The maximum atomic E-state index is 3.60. The van der Waals surface area contributed by atoms with Gasteiger partial charge in [0.2, 0.25) is 0 Å². The van der Waals surface area contributed by atoms with Crippen LogP contribution < -0.4 is 10.2 Å². The molecule has 100 valence electrons. The predicted molar refractivity (Wildman–Crippen MR) is 79.2 cm³/mol. The molecule has 0 amide bonds. The zero-order valence-electron chi connectivity index (χ0n) is 12.0. The zero-order chi connectivity index (χ0) is 13.0. The number of anilines is 1. The molecule has 0 saturated heterocycles. The molecule has 18 heavy (non-hydrogen) atoms. The van der Waals surface area contributed by atoms with Gasteiger partial charge in [-0.2, -0.15) is 0 Å². The third-order valence-corrected chi connectivity index (χ3v) is 3.87. The highest BCUT2D eigenvalue weighted by atomic mass is 15.1. The Kier molecular flexibility index (Phi) is 4.65. The van der Waals surface area contributed by atoms with Crippen molar-refractivity contribution in [1.29, 1.82) is 0 Å². The normalized spacial score (nSPS) is 16.5. The van der Waals surface area contributed by atoms with E-state index in [1.54, 1.807) is 0 Å². The summed E-state index contributed by atoms with van der Waals surface area (Å²) in [6.07, 6.45) is 5.03. The first-order chi connectivity index (χ1) is 8.70. The molecule has 0 fully saturated rings. The van der Waals surface area contributed by atoms with Gasteiger partial charge < -0.3 is 10.2 Å². The van der Waals surface area contributed by atoms with E-state index >= 15 is 0 Å². The van der Waals surface area contributed by atoms with E-state index in [0.717, 1.165) is 6.54 Å². The maximum Gasteiger partial charge on any atom is 0.0396 e. The topological polar surface area (TPSA) is 15.3 Å². The van der Waals surface area contributed by atoms with Gasteiger partial charge in [0.1, 0.15) is 0 Å². The lowest BCUT2D eigenvalue weighted by atomic mass is 9.99. The van der Waals surface area contributed by atoms with Gasteiger partial charge in [-0.15, -0.1) is 0 Å². The fraction of sp³-hybridized carbons (Fsp3) is 0.625. The molecule has 2 heteroatoms. The highest BCUT2D eigenvalue weighted by Gasteiger charge is 2.13. The minimum Gasteiger partial charge on any atom is -0.374 e. The fourth-order valence-electron chi connectivity index (χ4n) is 2.78. The number of rotatable bonds is 5. The lowest BCUT2D eigenvalue weighted by molar-refractivity contribution is 0.508. The van der Waals surface area contributed by atoms with Gasteiger partial charge in [-0.1, -0.05) is 25.5 Å². The summed E-state index contributed by atoms with van der Waals surface area (Å²) in [6, 6.07) is 7.56. The second-order valence-corrected chi connectivity index (χ2v) is 5.56. The second kappa shape index (κ2) is 6.24. The van der Waals surface area contributed by atoms with E-state index in [1.165, 1.54) is 49.0 Å². The lowest BCUT2D eigenvalue weighted by Crippen LogP contribution is -2.26. The average Bonchev–Trinajstić information content (AvgIpc) is 2.37. The van der Waals surface area contributed by atoms with Crippen LogP contribution in [-0.4, -0.2) is 19.6 Å². The first-order valence-corrected chi connectivity index (χ1v) is 7.27. The van der Waals surface area contributed by atoms with Crippen LogP contribution in [0, 0.1) is 0 Å². The van der Waals surface area contributed by atoms with Crippen LogP contribution in [-0.2, 0) is 13.0 Å². The van der Waals surface area contributed by atoms with Crippen LogP contribution in [0.5, 0.6) is 0 Å². The predicted octanol–water partition coefficient (Wildman–Crippen LogP) is 3.35. The summed E-state index contributed by atoms with van der Waals surface area (Å²) in [7, 11) is 2.19. The summed E-state index contributed by atoms with van der Waals surface area (Å²) in [5, 5.41) is 3.60. The van der Waals surface area contributed by atoms with Crippen LogP contribution in [0.3, 0.4) is 0 Å². The van der Waals surface area contributed by atoms with Crippen LogP contribution in [0.2, 0.25) is 0 Å². The Labute approximate surface area is 111 Å². The molecule has 1 aliphatic heterocycles. The molecular formula is C16H26N2. The molecular weight excluding hydrogens is 220 g/mol. The van der Waals surface area contributed by atoms with Crippen molar-refractivity contribution in [2.45, 2.75) is 52.1 Å². The monoisotopic (exact) mass is 246 g/mol. The van der Waals surface area contributed by atoms with Crippen LogP contribution >= 0.6 is 0 Å². The molecule has 0 aromatic heterocycles. The van der Waals surface area contributed by atoms with Crippen molar-refractivity contribution in [1.82, 2.24) is 5.32 Å². The van der Waals surface area contributed by atoms with Crippen LogP contribution in [0.1, 0.15) is 44.2 Å². The summed E-state index contributed by atoms with van der Waals surface area (Å²) >= 11 is 0. The van der Waals surface area contributed by atoms with Gasteiger partial charge in [0.25, 0.3) is 0 Å². The summed E-state index contributed by atoms with van der Waals surface area (Å²) in [5.41, 5.74) is 4.37.